The van der Waals surface area contributed by atoms with Gasteiger partial charge < -0.3 is 4.74 Å². The predicted molar refractivity (Wildman–Crippen MR) is 140 cm³/mol. The molecule has 6 unspecified atom stereocenters. The Labute approximate surface area is 210 Å². The van der Waals surface area contributed by atoms with Crippen LogP contribution in [0.15, 0.2) is 11.6 Å². The van der Waals surface area contributed by atoms with E-state index < -0.39 is 0 Å². The van der Waals surface area contributed by atoms with Crippen LogP contribution in [0.25, 0.3) is 0 Å². The predicted octanol–water partition coefficient (Wildman–Crippen LogP) is 8.60. The van der Waals surface area contributed by atoms with Crippen LogP contribution in [-0.2, 0) is 9.53 Å². The van der Waals surface area contributed by atoms with E-state index in [-0.39, 0.29) is 17.5 Å². The molecule has 0 N–H and O–H groups in total. The first-order valence-corrected chi connectivity index (χ1v) is 14.6. The van der Waals surface area contributed by atoms with Gasteiger partial charge in [-0.05, 0) is 109 Å². The van der Waals surface area contributed by atoms with Crippen molar-refractivity contribution in [1.29, 1.82) is 0 Å². The molecule has 10 atom stereocenters. The Bertz CT molecular complexity index is 885. The highest BCUT2D eigenvalue weighted by atomic mass is 16.5. The minimum Gasteiger partial charge on any atom is -0.462 e. The first-order valence-electron chi connectivity index (χ1n) is 14.6. The second-order valence-corrected chi connectivity index (χ2v) is 15.3. The quantitative estimate of drug-likeness (QED) is 0.284. The Kier molecular flexibility index (Phi) is 5.57. The Balaban J connectivity index is 1.54. The van der Waals surface area contributed by atoms with Gasteiger partial charge in [0.2, 0.25) is 0 Å². The van der Waals surface area contributed by atoms with E-state index in [1.165, 1.54) is 44.9 Å². The molecule has 2 nitrogen and oxygen atoms in total. The monoisotopic (exact) mass is 468 g/mol. The summed E-state index contributed by atoms with van der Waals surface area (Å²) in [6.45, 7) is 22.2. The van der Waals surface area contributed by atoms with Gasteiger partial charge in [0.1, 0.15) is 6.10 Å². The number of carbonyl (C=O) groups is 1. The van der Waals surface area contributed by atoms with Crippen molar-refractivity contribution in [2.75, 3.05) is 0 Å². The zero-order valence-corrected chi connectivity index (χ0v) is 23.7. The normalized spacial score (nSPS) is 54.0. The van der Waals surface area contributed by atoms with Crippen LogP contribution in [0.4, 0.5) is 0 Å². The van der Waals surface area contributed by atoms with Gasteiger partial charge in [-0.1, -0.05) is 67.0 Å². The van der Waals surface area contributed by atoms with Crippen molar-refractivity contribution in [2.45, 2.75) is 126 Å². The molecule has 0 heterocycles. The van der Waals surface area contributed by atoms with Gasteiger partial charge in [-0.3, -0.25) is 4.79 Å². The number of hydrogen-bond donors (Lipinski definition) is 0. The molecule has 192 valence electrons. The van der Waals surface area contributed by atoms with E-state index in [1.54, 1.807) is 6.92 Å². The molecule has 0 aliphatic heterocycles. The van der Waals surface area contributed by atoms with Crippen molar-refractivity contribution in [3.8, 4) is 0 Å². The van der Waals surface area contributed by atoms with E-state index in [4.69, 9.17) is 4.74 Å². The average Bonchev–Trinajstić information content (AvgIpc) is 2.74. The maximum Gasteiger partial charge on any atom is 0.302 e. The van der Waals surface area contributed by atoms with Crippen LogP contribution in [0.5, 0.6) is 0 Å². The molecule has 34 heavy (non-hydrogen) atoms. The van der Waals surface area contributed by atoms with Crippen LogP contribution < -0.4 is 0 Å². The van der Waals surface area contributed by atoms with Crippen LogP contribution in [0.1, 0.15) is 120 Å². The Morgan fingerprint density at radius 3 is 2.29 bits per heavy atom. The Morgan fingerprint density at radius 2 is 1.62 bits per heavy atom. The van der Waals surface area contributed by atoms with E-state index in [1.807, 2.05) is 5.57 Å². The lowest BCUT2D eigenvalue weighted by molar-refractivity contribution is -0.193. The Hall–Kier alpha value is -0.790. The molecule has 0 bridgehead atoms. The SMILES string of the molecule is CC(=O)OC1CC[C@]2(C)C3CC[C@@]4(C)C5C(C)C(C)CC[C@]5(C)CC[C@]4(C)C3=CCC2C1(C)C. The highest BCUT2D eigenvalue weighted by Crippen LogP contribution is 2.75. The van der Waals surface area contributed by atoms with Crippen molar-refractivity contribution in [3.63, 3.8) is 0 Å². The second kappa shape index (κ2) is 7.61. The molecule has 0 aromatic carbocycles. The van der Waals surface area contributed by atoms with Crippen LogP contribution >= 0.6 is 0 Å². The van der Waals surface area contributed by atoms with Gasteiger partial charge in [0, 0.05) is 12.3 Å². The van der Waals surface area contributed by atoms with Crippen LogP contribution in [0.2, 0.25) is 0 Å². The largest absolute Gasteiger partial charge is 0.462 e. The molecule has 0 aromatic heterocycles. The van der Waals surface area contributed by atoms with Crippen molar-refractivity contribution in [3.05, 3.63) is 11.6 Å². The van der Waals surface area contributed by atoms with E-state index in [9.17, 15) is 4.79 Å². The molecular formula is C32H52O2. The van der Waals surface area contributed by atoms with Gasteiger partial charge >= 0.3 is 5.97 Å². The van der Waals surface area contributed by atoms with Gasteiger partial charge in [0.05, 0.1) is 0 Å². The number of carbonyl (C=O) groups excluding carboxylic acids is 1. The molecule has 0 aromatic rings. The molecule has 0 spiro atoms. The number of esters is 1. The number of rotatable bonds is 1. The fraction of sp³-hybridized carbons (Fsp3) is 0.906. The molecule has 5 aliphatic rings. The first-order chi connectivity index (χ1) is 15.7. The zero-order valence-electron chi connectivity index (χ0n) is 23.7. The standard InChI is InChI=1S/C32H52O2/c1-20-12-15-29(6)18-19-31(8)24-10-11-25-28(4,5)26(34-22(3)33)14-16-30(25,7)23(24)13-17-32(31,9)27(29)21(20)2/h10,20-21,23,25-27H,11-19H2,1-9H3/t20?,21?,23?,25?,26?,27?,29-,30-,31-,32+/m1/s1. The lowest BCUT2D eigenvalue weighted by atomic mass is 9.33. The van der Waals surface area contributed by atoms with Crippen LogP contribution in [-0.4, -0.2) is 12.1 Å². The molecule has 4 saturated carbocycles. The summed E-state index contributed by atoms with van der Waals surface area (Å²) in [6.07, 6.45) is 14.5. The minimum absolute atomic E-state index is 0.0286. The summed E-state index contributed by atoms with van der Waals surface area (Å²) in [5, 5.41) is 0. The molecular weight excluding hydrogens is 416 g/mol. The summed E-state index contributed by atoms with van der Waals surface area (Å²) >= 11 is 0. The number of allylic oxidation sites excluding steroid dienone is 2. The second-order valence-electron chi connectivity index (χ2n) is 15.3. The highest BCUT2D eigenvalue weighted by Gasteiger charge is 2.68. The summed E-state index contributed by atoms with van der Waals surface area (Å²) in [6, 6.07) is 0. The van der Waals surface area contributed by atoms with E-state index in [2.05, 4.69) is 61.5 Å². The number of fused-ring (bicyclic) bond motifs is 7. The van der Waals surface area contributed by atoms with Crippen molar-refractivity contribution < 1.29 is 9.53 Å². The summed E-state index contributed by atoms with van der Waals surface area (Å²) in [4.78, 5) is 11.9. The third kappa shape index (κ3) is 3.08. The van der Waals surface area contributed by atoms with Crippen molar-refractivity contribution >= 4 is 5.97 Å². The van der Waals surface area contributed by atoms with Crippen molar-refractivity contribution in [1.82, 2.24) is 0 Å². The van der Waals surface area contributed by atoms with E-state index >= 15 is 0 Å². The molecule has 4 fully saturated rings. The van der Waals surface area contributed by atoms with Gasteiger partial charge in [0.25, 0.3) is 0 Å². The summed E-state index contributed by atoms with van der Waals surface area (Å²) in [5.41, 5.74) is 3.45. The number of ether oxygens (including phenoxy) is 1. The van der Waals surface area contributed by atoms with E-state index in [0.29, 0.717) is 33.5 Å². The van der Waals surface area contributed by atoms with Gasteiger partial charge in [-0.15, -0.1) is 0 Å². The average molecular weight is 469 g/mol. The Morgan fingerprint density at radius 1 is 0.912 bits per heavy atom. The maximum absolute atomic E-state index is 11.9. The van der Waals surface area contributed by atoms with Gasteiger partial charge in [0.15, 0.2) is 0 Å². The summed E-state index contributed by atoms with van der Waals surface area (Å²) in [5.74, 6) is 3.69. The fourth-order valence-electron chi connectivity index (χ4n) is 11.4. The molecule has 0 amide bonds. The van der Waals surface area contributed by atoms with Crippen molar-refractivity contribution in [2.24, 2.45) is 56.7 Å². The third-order valence-corrected chi connectivity index (χ3v) is 13.6. The molecule has 5 rings (SSSR count). The smallest absolute Gasteiger partial charge is 0.302 e. The number of hydrogen-bond acceptors (Lipinski definition) is 2. The molecule has 0 radical (unpaired) electrons. The lowest BCUT2D eigenvalue weighted by Gasteiger charge is -2.71. The third-order valence-electron chi connectivity index (χ3n) is 13.6. The van der Waals surface area contributed by atoms with Gasteiger partial charge in [-0.2, -0.15) is 0 Å². The highest BCUT2D eigenvalue weighted by molar-refractivity contribution is 5.66. The minimum atomic E-state index is -0.115. The van der Waals surface area contributed by atoms with Crippen LogP contribution in [0.3, 0.4) is 0 Å². The maximum atomic E-state index is 11.9. The zero-order chi connectivity index (χ0) is 24.9. The molecule has 5 aliphatic carbocycles. The molecule has 0 saturated heterocycles. The summed E-state index contributed by atoms with van der Waals surface area (Å²) < 4.78 is 5.89. The lowest BCUT2D eigenvalue weighted by Crippen LogP contribution is -2.64. The fourth-order valence-corrected chi connectivity index (χ4v) is 11.4. The topological polar surface area (TPSA) is 26.3 Å². The first kappa shape index (κ1) is 24.9. The van der Waals surface area contributed by atoms with Crippen LogP contribution in [0, 0.1) is 56.7 Å². The summed E-state index contributed by atoms with van der Waals surface area (Å²) in [7, 11) is 0. The van der Waals surface area contributed by atoms with E-state index in [0.717, 1.165) is 30.6 Å². The van der Waals surface area contributed by atoms with Gasteiger partial charge in [-0.25, -0.2) is 0 Å². The molecule has 2 heteroatoms.